The quantitative estimate of drug-likeness (QED) is 0.695. The van der Waals surface area contributed by atoms with Crippen LogP contribution in [-0.2, 0) is 20.1 Å². The topological polar surface area (TPSA) is 90.0 Å². The van der Waals surface area contributed by atoms with Crippen LogP contribution >= 0.6 is 0 Å². The van der Waals surface area contributed by atoms with Crippen LogP contribution in [0, 0.1) is 0 Å². The van der Waals surface area contributed by atoms with Gasteiger partial charge in [0.05, 0.1) is 12.0 Å². The average molecular weight is 397 g/mol. The number of sulfonamides is 1. The largest absolute Gasteiger partial charge is 0.497 e. The Morgan fingerprint density at radius 3 is 2.04 bits per heavy atom. The molecule has 0 aliphatic carbocycles. The molecule has 0 atom stereocenters. The molecule has 2 aromatic rings. The third-order valence-electron chi connectivity index (χ3n) is 4.06. The lowest BCUT2D eigenvalue weighted by Crippen LogP contribution is -2.27. The molecule has 7 nitrogen and oxygen atoms in total. The lowest BCUT2D eigenvalue weighted by atomic mass is 10.3. The number of nitrogens with zero attached hydrogens (tertiary/aromatic N) is 1. The van der Waals surface area contributed by atoms with Crippen molar-refractivity contribution < 1.29 is 25.8 Å². The molecule has 0 aromatic heterocycles. The van der Waals surface area contributed by atoms with Gasteiger partial charge >= 0.3 is 10.1 Å². The van der Waals surface area contributed by atoms with Gasteiger partial charge in [-0.1, -0.05) is 6.07 Å². The van der Waals surface area contributed by atoms with Crippen molar-refractivity contribution in [2.75, 3.05) is 20.2 Å². The molecule has 0 saturated carbocycles. The molecule has 0 spiro atoms. The summed E-state index contributed by atoms with van der Waals surface area (Å²) in [6, 6.07) is 11.3. The van der Waals surface area contributed by atoms with Crippen LogP contribution in [0.25, 0.3) is 0 Å². The number of methoxy groups -OCH3 is 1. The summed E-state index contributed by atoms with van der Waals surface area (Å²) < 4.78 is 61.3. The minimum atomic E-state index is -4.08. The van der Waals surface area contributed by atoms with Crippen LogP contribution in [-0.4, -0.2) is 41.3 Å². The van der Waals surface area contributed by atoms with Crippen LogP contribution in [0.2, 0.25) is 0 Å². The summed E-state index contributed by atoms with van der Waals surface area (Å²) in [7, 11) is -6.21. The van der Waals surface area contributed by atoms with Gasteiger partial charge in [0, 0.05) is 19.2 Å². The minimum Gasteiger partial charge on any atom is -0.497 e. The van der Waals surface area contributed by atoms with E-state index >= 15 is 0 Å². The second-order valence-corrected chi connectivity index (χ2v) is 9.28. The van der Waals surface area contributed by atoms with E-state index in [4.69, 9.17) is 8.92 Å². The fraction of sp³-hybridized carbons (Fsp3) is 0.294. The van der Waals surface area contributed by atoms with Gasteiger partial charge in [0.2, 0.25) is 10.0 Å². The maximum absolute atomic E-state index is 12.5. The Morgan fingerprint density at radius 1 is 0.846 bits per heavy atom. The molecule has 2 aromatic carbocycles. The van der Waals surface area contributed by atoms with Crippen LogP contribution in [0.4, 0.5) is 0 Å². The number of ether oxygens (including phenoxy) is 1. The highest BCUT2D eigenvalue weighted by molar-refractivity contribution is 7.89. The average Bonchev–Trinajstić information content (AvgIpc) is 3.17. The number of hydrogen-bond acceptors (Lipinski definition) is 6. The van der Waals surface area contributed by atoms with Crippen LogP contribution in [0.3, 0.4) is 0 Å². The molecule has 0 bridgehead atoms. The molecule has 0 unspecified atom stereocenters. The van der Waals surface area contributed by atoms with Crippen LogP contribution in [0.5, 0.6) is 11.5 Å². The van der Waals surface area contributed by atoms with Crippen LogP contribution in [0.1, 0.15) is 12.8 Å². The fourth-order valence-corrected chi connectivity index (χ4v) is 5.12. The highest BCUT2D eigenvalue weighted by atomic mass is 32.2. The zero-order valence-electron chi connectivity index (χ0n) is 14.2. The van der Waals surface area contributed by atoms with Gasteiger partial charge in [-0.25, -0.2) is 8.42 Å². The second kappa shape index (κ2) is 7.26. The van der Waals surface area contributed by atoms with E-state index in [0.717, 1.165) is 12.8 Å². The van der Waals surface area contributed by atoms with Crippen molar-refractivity contribution >= 4 is 20.1 Å². The number of rotatable bonds is 6. The van der Waals surface area contributed by atoms with Crippen molar-refractivity contribution in [2.45, 2.75) is 22.6 Å². The molecule has 140 valence electrons. The lowest BCUT2D eigenvalue weighted by Gasteiger charge is -2.15. The maximum Gasteiger partial charge on any atom is 0.339 e. The fourth-order valence-electron chi connectivity index (χ4n) is 2.68. The first-order valence-corrected chi connectivity index (χ1v) is 10.9. The van der Waals surface area contributed by atoms with E-state index in [2.05, 4.69) is 0 Å². The van der Waals surface area contributed by atoms with Crippen molar-refractivity contribution in [3.8, 4) is 11.5 Å². The molecule has 1 aliphatic heterocycles. The first-order valence-electron chi connectivity index (χ1n) is 8.02. The summed E-state index contributed by atoms with van der Waals surface area (Å²) >= 11 is 0. The van der Waals surface area contributed by atoms with Gasteiger partial charge in [0.25, 0.3) is 0 Å². The first-order chi connectivity index (χ1) is 12.3. The van der Waals surface area contributed by atoms with Crippen molar-refractivity contribution in [2.24, 2.45) is 0 Å². The standard InChI is InChI=1S/C17H19NO6S2/c1-23-14-5-4-6-15(13-14)24-26(21,22)17-9-7-16(8-10-17)25(19,20)18-11-2-3-12-18/h4-10,13H,2-3,11-12H2,1H3. The third kappa shape index (κ3) is 3.84. The Balaban J connectivity index is 1.82. The maximum atomic E-state index is 12.5. The molecule has 1 aliphatic rings. The van der Waals surface area contributed by atoms with E-state index in [1.165, 1.54) is 47.8 Å². The van der Waals surface area contributed by atoms with Gasteiger partial charge in [-0.3, -0.25) is 0 Å². The Hall–Kier alpha value is -2.10. The lowest BCUT2D eigenvalue weighted by molar-refractivity contribution is 0.411. The minimum absolute atomic E-state index is 0.0692. The third-order valence-corrected chi connectivity index (χ3v) is 7.24. The van der Waals surface area contributed by atoms with E-state index in [9.17, 15) is 16.8 Å². The van der Waals surface area contributed by atoms with Gasteiger partial charge in [0.15, 0.2) is 0 Å². The van der Waals surface area contributed by atoms with Gasteiger partial charge < -0.3 is 8.92 Å². The van der Waals surface area contributed by atoms with Crippen molar-refractivity contribution in [3.63, 3.8) is 0 Å². The molecule has 0 amide bonds. The smallest absolute Gasteiger partial charge is 0.339 e. The van der Waals surface area contributed by atoms with E-state index in [1.54, 1.807) is 12.1 Å². The molecule has 1 fully saturated rings. The number of benzene rings is 2. The normalized spacial score (nSPS) is 15.7. The summed E-state index contributed by atoms with van der Waals surface area (Å²) in [5, 5.41) is 0. The molecule has 1 heterocycles. The van der Waals surface area contributed by atoms with E-state index in [0.29, 0.717) is 18.8 Å². The zero-order chi connectivity index (χ0) is 18.8. The molecular weight excluding hydrogens is 378 g/mol. The highest BCUT2D eigenvalue weighted by Crippen LogP contribution is 2.25. The monoisotopic (exact) mass is 397 g/mol. The van der Waals surface area contributed by atoms with E-state index < -0.39 is 20.1 Å². The van der Waals surface area contributed by atoms with Gasteiger partial charge in [-0.2, -0.15) is 12.7 Å². The molecule has 1 saturated heterocycles. The molecule has 9 heteroatoms. The van der Waals surface area contributed by atoms with E-state index in [1.807, 2.05) is 0 Å². The summed E-state index contributed by atoms with van der Waals surface area (Å²) in [5.74, 6) is 0.572. The second-order valence-electron chi connectivity index (χ2n) is 5.80. The number of hydrogen-bond donors (Lipinski definition) is 0. The molecule has 3 rings (SSSR count). The Bertz CT molecular complexity index is 978. The Morgan fingerprint density at radius 2 is 1.42 bits per heavy atom. The Kier molecular flexibility index (Phi) is 5.22. The summed E-state index contributed by atoms with van der Waals surface area (Å²) in [6.07, 6.45) is 1.67. The summed E-state index contributed by atoms with van der Waals surface area (Å²) in [4.78, 5) is -0.0552. The molecule has 0 radical (unpaired) electrons. The predicted octanol–water partition coefficient (Wildman–Crippen LogP) is 2.25. The van der Waals surface area contributed by atoms with Crippen molar-refractivity contribution in [1.82, 2.24) is 4.31 Å². The molecule has 0 N–H and O–H groups in total. The van der Waals surface area contributed by atoms with Crippen molar-refractivity contribution in [3.05, 3.63) is 48.5 Å². The Labute approximate surface area is 153 Å². The highest BCUT2D eigenvalue weighted by Gasteiger charge is 2.27. The van der Waals surface area contributed by atoms with Crippen LogP contribution < -0.4 is 8.92 Å². The van der Waals surface area contributed by atoms with Crippen molar-refractivity contribution in [1.29, 1.82) is 0 Å². The molecular formula is C17H19NO6S2. The van der Waals surface area contributed by atoms with Gasteiger partial charge in [0.1, 0.15) is 16.4 Å². The predicted molar refractivity (Wildman–Crippen MR) is 95.2 cm³/mol. The van der Waals surface area contributed by atoms with E-state index in [-0.39, 0.29) is 15.5 Å². The first kappa shape index (κ1) is 18.7. The zero-order valence-corrected chi connectivity index (χ0v) is 15.8. The SMILES string of the molecule is COc1cccc(OS(=O)(=O)c2ccc(S(=O)(=O)N3CCCC3)cc2)c1. The summed E-state index contributed by atoms with van der Waals surface area (Å²) in [5.41, 5.74) is 0. The molecule has 26 heavy (non-hydrogen) atoms. The van der Waals surface area contributed by atoms with Gasteiger partial charge in [-0.15, -0.1) is 0 Å². The summed E-state index contributed by atoms with van der Waals surface area (Å²) in [6.45, 7) is 0.975. The van der Waals surface area contributed by atoms with Gasteiger partial charge in [-0.05, 0) is 49.2 Å². The van der Waals surface area contributed by atoms with Crippen LogP contribution in [0.15, 0.2) is 58.3 Å².